The van der Waals surface area contributed by atoms with Crippen molar-refractivity contribution in [1.82, 2.24) is 14.1 Å². The van der Waals surface area contributed by atoms with E-state index in [2.05, 4.69) is 41.8 Å². The van der Waals surface area contributed by atoms with E-state index in [0.717, 1.165) is 34.3 Å². The minimum Gasteiger partial charge on any atom is -0.383 e. The summed E-state index contributed by atoms with van der Waals surface area (Å²) in [6.07, 6.45) is 0. The molecule has 5 nitrogen and oxygen atoms in total. The Morgan fingerprint density at radius 2 is 1.85 bits per heavy atom. The molecule has 0 aliphatic carbocycles. The van der Waals surface area contributed by atoms with E-state index in [0.29, 0.717) is 18.3 Å². The van der Waals surface area contributed by atoms with Crippen LogP contribution in [0.4, 0.5) is 0 Å². The molecule has 0 spiro atoms. The van der Waals surface area contributed by atoms with Gasteiger partial charge in [-0.05, 0) is 46.6 Å². The number of rotatable bonds is 9. The number of ketones is 1. The molecule has 0 N–H and O–H groups in total. The van der Waals surface area contributed by atoms with Crippen LogP contribution in [-0.4, -0.2) is 39.4 Å². The molecule has 1 atom stereocenters. The molecule has 0 saturated carbocycles. The predicted molar refractivity (Wildman–Crippen MR) is 112 cm³/mol. The summed E-state index contributed by atoms with van der Waals surface area (Å²) in [5.41, 5.74) is 5.14. The fourth-order valence-corrected chi connectivity index (χ4v) is 4.56. The van der Waals surface area contributed by atoms with Crippen molar-refractivity contribution >= 4 is 17.5 Å². The van der Waals surface area contributed by atoms with Gasteiger partial charge >= 0.3 is 0 Å². The average Bonchev–Trinajstić information content (AvgIpc) is 3.03. The van der Waals surface area contributed by atoms with Gasteiger partial charge in [0.25, 0.3) is 0 Å². The molecule has 0 aromatic carbocycles. The molecule has 0 fully saturated rings. The zero-order valence-electron chi connectivity index (χ0n) is 17.9. The standard InChI is InChI=1S/C21H33N3O2S/c1-13(2)10-23-17(6)16(5)22-21(23)27-12-20(25)19-9-14(3)24(18(19)7)15(4)11-26-8/h9,13,15H,10-12H2,1-8H3. The van der Waals surface area contributed by atoms with E-state index in [1.807, 2.05) is 26.8 Å². The number of hydrogen-bond donors (Lipinski definition) is 0. The summed E-state index contributed by atoms with van der Waals surface area (Å²) in [4.78, 5) is 17.6. The Bertz CT molecular complexity index is 805. The highest BCUT2D eigenvalue weighted by Crippen LogP contribution is 2.26. The first kappa shape index (κ1) is 21.8. The highest BCUT2D eigenvalue weighted by Gasteiger charge is 2.20. The molecule has 6 heteroatoms. The SMILES string of the molecule is COCC(C)n1c(C)cc(C(=O)CSc2nc(C)c(C)n2CC(C)C)c1C. The number of carbonyl (C=O) groups excluding carboxylic acids is 1. The number of nitrogens with zero attached hydrogens (tertiary/aromatic N) is 3. The van der Waals surface area contributed by atoms with Crippen LogP contribution in [0.3, 0.4) is 0 Å². The lowest BCUT2D eigenvalue weighted by Crippen LogP contribution is -2.15. The Kier molecular flexibility index (Phi) is 7.34. The van der Waals surface area contributed by atoms with E-state index in [1.54, 1.807) is 7.11 Å². The molecular weight excluding hydrogens is 358 g/mol. The fourth-order valence-electron chi connectivity index (χ4n) is 3.58. The van der Waals surface area contributed by atoms with Gasteiger partial charge in [-0.2, -0.15) is 0 Å². The maximum Gasteiger partial charge on any atom is 0.175 e. The van der Waals surface area contributed by atoms with E-state index in [-0.39, 0.29) is 11.8 Å². The number of aryl methyl sites for hydroxylation is 2. The number of aromatic nitrogens is 3. The largest absolute Gasteiger partial charge is 0.383 e. The lowest BCUT2D eigenvalue weighted by Gasteiger charge is -2.17. The number of carbonyl (C=O) groups is 1. The van der Waals surface area contributed by atoms with Crippen molar-refractivity contribution in [2.24, 2.45) is 5.92 Å². The first-order valence-corrected chi connectivity index (χ1v) is 10.5. The minimum absolute atomic E-state index is 0.151. The summed E-state index contributed by atoms with van der Waals surface area (Å²) in [6.45, 7) is 16.3. The first-order chi connectivity index (χ1) is 12.7. The van der Waals surface area contributed by atoms with E-state index >= 15 is 0 Å². The molecule has 0 aliphatic rings. The van der Waals surface area contributed by atoms with Gasteiger partial charge in [-0.15, -0.1) is 0 Å². The quantitative estimate of drug-likeness (QED) is 0.457. The average molecular weight is 392 g/mol. The molecule has 2 aromatic heterocycles. The van der Waals surface area contributed by atoms with Gasteiger partial charge in [0.15, 0.2) is 10.9 Å². The molecule has 27 heavy (non-hydrogen) atoms. The second-order valence-corrected chi connectivity index (χ2v) is 8.68. The van der Waals surface area contributed by atoms with Gasteiger partial charge in [0.2, 0.25) is 0 Å². The van der Waals surface area contributed by atoms with Crippen molar-refractivity contribution in [3.63, 3.8) is 0 Å². The van der Waals surface area contributed by atoms with Gasteiger partial charge in [0.1, 0.15) is 0 Å². The predicted octanol–water partition coefficient (Wildman–Crippen LogP) is 4.76. The van der Waals surface area contributed by atoms with Crippen molar-refractivity contribution in [2.75, 3.05) is 19.5 Å². The van der Waals surface area contributed by atoms with Gasteiger partial charge in [-0.1, -0.05) is 25.6 Å². The van der Waals surface area contributed by atoms with Crippen LogP contribution in [0, 0.1) is 33.6 Å². The van der Waals surface area contributed by atoms with Crippen LogP contribution >= 0.6 is 11.8 Å². The second kappa shape index (κ2) is 9.11. The van der Waals surface area contributed by atoms with E-state index < -0.39 is 0 Å². The van der Waals surface area contributed by atoms with Gasteiger partial charge in [0.05, 0.1) is 24.1 Å². The summed E-state index contributed by atoms with van der Waals surface area (Å²) >= 11 is 1.54. The summed E-state index contributed by atoms with van der Waals surface area (Å²) < 4.78 is 9.71. The highest BCUT2D eigenvalue weighted by atomic mass is 32.2. The molecule has 1 unspecified atom stereocenters. The van der Waals surface area contributed by atoms with E-state index in [1.165, 1.54) is 17.5 Å². The molecule has 2 rings (SSSR count). The van der Waals surface area contributed by atoms with E-state index in [9.17, 15) is 4.79 Å². The van der Waals surface area contributed by atoms with Crippen LogP contribution in [0.2, 0.25) is 0 Å². The van der Waals surface area contributed by atoms with Crippen LogP contribution in [0.15, 0.2) is 11.2 Å². The maximum absolute atomic E-state index is 12.9. The van der Waals surface area contributed by atoms with Crippen molar-refractivity contribution < 1.29 is 9.53 Å². The molecule has 0 saturated heterocycles. The molecular formula is C21H33N3O2S. The van der Waals surface area contributed by atoms with Crippen molar-refractivity contribution in [3.05, 3.63) is 34.4 Å². The fraction of sp³-hybridized carbons (Fsp3) is 0.619. The van der Waals surface area contributed by atoms with Gasteiger partial charge < -0.3 is 13.9 Å². The zero-order chi connectivity index (χ0) is 20.3. The lowest BCUT2D eigenvalue weighted by molar-refractivity contribution is 0.102. The number of imidazole rings is 1. The first-order valence-electron chi connectivity index (χ1n) is 9.54. The number of thioether (sulfide) groups is 1. The van der Waals surface area contributed by atoms with Gasteiger partial charge in [-0.25, -0.2) is 4.98 Å². The van der Waals surface area contributed by atoms with Gasteiger partial charge in [0, 0.05) is 36.3 Å². The summed E-state index contributed by atoms with van der Waals surface area (Å²) in [6, 6.07) is 2.21. The summed E-state index contributed by atoms with van der Waals surface area (Å²) in [5, 5.41) is 0.939. The van der Waals surface area contributed by atoms with Crippen LogP contribution in [0.25, 0.3) is 0 Å². The lowest BCUT2D eigenvalue weighted by atomic mass is 10.2. The van der Waals surface area contributed by atoms with Crippen LogP contribution in [0.1, 0.15) is 59.9 Å². The van der Waals surface area contributed by atoms with E-state index in [4.69, 9.17) is 4.74 Å². The van der Waals surface area contributed by atoms with Crippen molar-refractivity contribution in [1.29, 1.82) is 0 Å². The molecule has 2 heterocycles. The Morgan fingerprint density at radius 3 is 2.44 bits per heavy atom. The van der Waals surface area contributed by atoms with Crippen LogP contribution in [-0.2, 0) is 11.3 Å². The van der Waals surface area contributed by atoms with Crippen LogP contribution in [0.5, 0.6) is 0 Å². The Hall–Kier alpha value is -1.53. The summed E-state index contributed by atoms with van der Waals surface area (Å²) in [5.74, 6) is 1.09. The maximum atomic E-state index is 12.9. The third-order valence-electron chi connectivity index (χ3n) is 4.94. The normalized spacial score (nSPS) is 12.8. The smallest absolute Gasteiger partial charge is 0.175 e. The molecule has 2 aromatic rings. The topological polar surface area (TPSA) is 49.1 Å². The third kappa shape index (κ3) is 4.85. The Balaban J connectivity index is 2.18. The molecule has 0 bridgehead atoms. The number of ether oxygens (including phenoxy) is 1. The van der Waals surface area contributed by atoms with Crippen LogP contribution < -0.4 is 0 Å². The third-order valence-corrected chi connectivity index (χ3v) is 5.91. The number of Topliss-reactive ketones (excluding diaryl/α,β-unsaturated/α-hetero) is 1. The zero-order valence-corrected chi connectivity index (χ0v) is 18.7. The Labute approximate surface area is 167 Å². The minimum atomic E-state index is 0.151. The Morgan fingerprint density at radius 1 is 1.19 bits per heavy atom. The molecule has 150 valence electrons. The number of hydrogen-bond acceptors (Lipinski definition) is 4. The number of methoxy groups -OCH3 is 1. The van der Waals surface area contributed by atoms with Gasteiger partial charge in [-0.3, -0.25) is 4.79 Å². The highest BCUT2D eigenvalue weighted by molar-refractivity contribution is 7.99. The van der Waals surface area contributed by atoms with Crippen molar-refractivity contribution in [3.8, 4) is 0 Å². The molecule has 0 radical (unpaired) electrons. The second-order valence-electron chi connectivity index (χ2n) is 7.74. The molecule has 0 amide bonds. The summed E-state index contributed by atoms with van der Waals surface area (Å²) in [7, 11) is 1.70. The monoisotopic (exact) mass is 391 g/mol. The molecule has 0 aliphatic heterocycles. The van der Waals surface area contributed by atoms with Crippen molar-refractivity contribution in [2.45, 2.75) is 66.2 Å².